The predicted octanol–water partition coefficient (Wildman–Crippen LogP) is 6.34. The standard InChI is InChI=1S/C38H41IO8/c1-21(2)36-17-23(4)38-28(34(36)45-37(46-36,47-38)19-25-10-8-7-9-11-25)13-27(18-35(42)24(5)22(3)12-31(35)38)20-44-32(40)16-26-14-29(39)33(41)30(15-26)43-6/h7-15,23,28,31,34,41-42H,1,5,16-20H2,2-4,6H3/t23-,28+,31-,34-,35+,36+,37?,38-/m1/s1. The second kappa shape index (κ2) is 11.3. The minimum atomic E-state index is -1.37. The topological polar surface area (TPSA) is 104 Å². The molecular formula is C38H41IO8. The van der Waals surface area contributed by atoms with Crippen molar-refractivity contribution in [3.8, 4) is 11.5 Å². The van der Waals surface area contributed by atoms with Crippen LogP contribution >= 0.6 is 22.6 Å². The van der Waals surface area contributed by atoms with E-state index in [0.29, 0.717) is 33.3 Å². The number of aliphatic hydroxyl groups is 1. The van der Waals surface area contributed by atoms with Gasteiger partial charge in [0.2, 0.25) is 0 Å². The number of phenols is 1. The molecule has 2 heterocycles. The molecule has 3 bridgehead atoms. The highest BCUT2D eigenvalue weighted by molar-refractivity contribution is 14.1. The van der Waals surface area contributed by atoms with E-state index in [4.69, 9.17) is 23.7 Å². The third-order valence-electron chi connectivity index (χ3n) is 11.1. The third-order valence-corrected chi connectivity index (χ3v) is 11.9. The molecule has 47 heavy (non-hydrogen) atoms. The summed E-state index contributed by atoms with van der Waals surface area (Å²) in [6.07, 6.45) is 5.01. The van der Waals surface area contributed by atoms with Crippen LogP contribution in [0.3, 0.4) is 0 Å². The van der Waals surface area contributed by atoms with Gasteiger partial charge >= 0.3 is 5.97 Å². The highest BCUT2D eigenvalue weighted by Crippen LogP contribution is 2.69. The van der Waals surface area contributed by atoms with Crippen LogP contribution in [0.1, 0.15) is 44.7 Å². The molecule has 1 saturated carbocycles. The number of hydrogen-bond acceptors (Lipinski definition) is 8. The van der Waals surface area contributed by atoms with Crippen LogP contribution in [0.15, 0.2) is 90.1 Å². The zero-order valence-corrected chi connectivity index (χ0v) is 29.3. The van der Waals surface area contributed by atoms with Gasteiger partial charge in [-0.2, -0.15) is 0 Å². The molecule has 0 spiro atoms. The van der Waals surface area contributed by atoms with Gasteiger partial charge in [-0.3, -0.25) is 4.79 Å². The van der Waals surface area contributed by atoms with Crippen LogP contribution in [-0.4, -0.2) is 58.8 Å². The Morgan fingerprint density at radius 1 is 1.15 bits per heavy atom. The van der Waals surface area contributed by atoms with Crippen molar-refractivity contribution in [2.75, 3.05) is 13.7 Å². The second-order valence-corrected chi connectivity index (χ2v) is 15.1. The second-order valence-electron chi connectivity index (χ2n) is 13.9. The monoisotopic (exact) mass is 752 g/mol. The molecule has 2 aliphatic heterocycles. The molecule has 7 rings (SSSR count). The van der Waals surface area contributed by atoms with Gasteiger partial charge in [0.15, 0.2) is 11.5 Å². The number of carbonyl (C=O) groups is 1. The number of fused-ring (bicyclic) bond motifs is 2. The minimum Gasteiger partial charge on any atom is -0.504 e. The first-order valence-corrected chi connectivity index (χ1v) is 17.1. The molecule has 248 valence electrons. The van der Waals surface area contributed by atoms with Gasteiger partial charge < -0.3 is 33.9 Å². The van der Waals surface area contributed by atoms with E-state index in [0.717, 1.165) is 22.3 Å². The van der Waals surface area contributed by atoms with Crippen molar-refractivity contribution in [3.05, 3.63) is 105 Å². The van der Waals surface area contributed by atoms with Crippen molar-refractivity contribution in [2.45, 2.75) is 75.3 Å². The van der Waals surface area contributed by atoms with Gasteiger partial charge in [0.1, 0.15) is 23.9 Å². The van der Waals surface area contributed by atoms with Crippen molar-refractivity contribution >= 4 is 28.6 Å². The highest BCUT2D eigenvalue weighted by atomic mass is 127. The van der Waals surface area contributed by atoms with E-state index in [1.807, 2.05) is 66.8 Å². The lowest BCUT2D eigenvalue weighted by atomic mass is 9.54. The maximum atomic E-state index is 13.2. The molecule has 2 saturated heterocycles. The van der Waals surface area contributed by atoms with Crippen LogP contribution in [0.4, 0.5) is 0 Å². The van der Waals surface area contributed by atoms with Crippen LogP contribution in [0, 0.1) is 21.3 Å². The normalized spacial score (nSPS) is 36.6. The fourth-order valence-corrected chi connectivity index (χ4v) is 9.53. The van der Waals surface area contributed by atoms with Gasteiger partial charge in [-0.1, -0.05) is 62.6 Å². The summed E-state index contributed by atoms with van der Waals surface area (Å²) in [5.74, 6) is -2.31. The molecular weight excluding hydrogens is 711 g/mol. The number of halogens is 1. The van der Waals surface area contributed by atoms with Gasteiger partial charge in [-0.05, 0) is 94.3 Å². The lowest BCUT2D eigenvalue weighted by Gasteiger charge is -2.59. The molecule has 1 unspecified atom stereocenters. The lowest BCUT2D eigenvalue weighted by Crippen LogP contribution is -2.70. The number of phenolic OH excluding ortho intramolecular Hbond substituents is 1. The summed E-state index contributed by atoms with van der Waals surface area (Å²) in [5.41, 5.74) is 1.81. The average Bonchev–Trinajstić information content (AvgIpc) is 3.33. The smallest absolute Gasteiger partial charge is 0.310 e. The molecule has 0 aromatic heterocycles. The zero-order chi connectivity index (χ0) is 33.5. The largest absolute Gasteiger partial charge is 0.504 e. The van der Waals surface area contributed by atoms with Gasteiger partial charge in [-0.15, -0.1) is 0 Å². The molecule has 2 aromatic carbocycles. The molecule has 9 heteroatoms. The van der Waals surface area contributed by atoms with Crippen LogP contribution < -0.4 is 4.74 Å². The van der Waals surface area contributed by atoms with Crippen LogP contribution in [0.5, 0.6) is 11.5 Å². The Labute approximate surface area is 289 Å². The molecule has 0 radical (unpaired) electrons. The SMILES string of the molecule is C=C(C)[C@@]12C[C@@H](C)[C@@]34OC(Cc5ccccc5)(O[C@@H]1[C@@H]3C=C(COC(=O)Cc1cc(I)c(O)c(OC)c1)C[C@]1(O)C(=C)C(C)=C[C@@H]41)O2. The molecule has 2 aromatic rings. The maximum absolute atomic E-state index is 13.2. The first-order chi connectivity index (χ1) is 22.3. The number of hydrogen-bond donors (Lipinski definition) is 2. The Bertz CT molecular complexity index is 1730. The fourth-order valence-electron chi connectivity index (χ4n) is 8.86. The van der Waals surface area contributed by atoms with E-state index < -0.39 is 40.8 Å². The highest BCUT2D eigenvalue weighted by Gasteiger charge is 2.78. The predicted molar refractivity (Wildman–Crippen MR) is 184 cm³/mol. The first-order valence-electron chi connectivity index (χ1n) is 16.1. The van der Waals surface area contributed by atoms with Crippen LogP contribution in [0.2, 0.25) is 0 Å². The van der Waals surface area contributed by atoms with E-state index in [-0.39, 0.29) is 37.0 Å². The van der Waals surface area contributed by atoms with Crippen molar-refractivity contribution in [3.63, 3.8) is 0 Å². The fraction of sp³-hybridized carbons (Fsp3) is 0.447. The summed E-state index contributed by atoms with van der Waals surface area (Å²) < 4.78 is 32.8. The molecule has 8 nitrogen and oxygen atoms in total. The maximum Gasteiger partial charge on any atom is 0.310 e. The number of carbonyl (C=O) groups excluding carboxylic acids is 1. The lowest BCUT2D eigenvalue weighted by molar-refractivity contribution is -0.421. The quantitative estimate of drug-likeness (QED) is 0.183. The summed E-state index contributed by atoms with van der Waals surface area (Å²) in [5, 5.41) is 22.9. The van der Waals surface area contributed by atoms with Crippen molar-refractivity contribution in [1.29, 1.82) is 0 Å². The summed E-state index contributed by atoms with van der Waals surface area (Å²) in [6.45, 7) is 14.9. The number of esters is 1. The average molecular weight is 753 g/mol. The molecule has 3 fully saturated rings. The number of benzene rings is 2. The summed E-state index contributed by atoms with van der Waals surface area (Å²) in [7, 11) is 1.47. The Morgan fingerprint density at radius 2 is 1.89 bits per heavy atom. The molecule has 2 N–H and O–H groups in total. The molecule has 8 atom stereocenters. The van der Waals surface area contributed by atoms with E-state index in [1.54, 1.807) is 12.1 Å². The van der Waals surface area contributed by atoms with E-state index in [2.05, 4.69) is 32.2 Å². The van der Waals surface area contributed by atoms with Gasteiger partial charge in [0, 0.05) is 18.3 Å². The van der Waals surface area contributed by atoms with Crippen molar-refractivity contribution < 1.29 is 38.7 Å². The third kappa shape index (κ3) is 4.87. The number of aromatic hydroxyl groups is 1. The minimum absolute atomic E-state index is 0.00590. The molecule has 5 aliphatic rings. The van der Waals surface area contributed by atoms with Gasteiger partial charge in [-0.25, -0.2) is 0 Å². The van der Waals surface area contributed by atoms with Crippen LogP contribution in [-0.2, 0) is 36.6 Å². The molecule has 3 aliphatic carbocycles. The van der Waals surface area contributed by atoms with Crippen molar-refractivity contribution in [1.82, 2.24) is 0 Å². The summed E-state index contributed by atoms with van der Waals surface area (Å²) in [4.78, 5) is 13.2. The number of rotatable bonds is 8. The summed E-state index contributed by atoms with van der Waals surface area (Å²) >= 11 is 2.00. The Hall–Kier alpha value is -2.96. The number of methoxy groups -OCH3 is 1. The summed E-state index contributed by atoms with van der Waals surface area (Å²) in [6, 6.07) is 13.4. The van der Waals surface area contributed by atoms with E-state index in [9.17, 15) is 15.0 Å². The van der Waals surface area contributed by atoms with Gasteiger partial charge in [0.05, 0.1) is 29.1 Å². The Morgan fingerprint density at radius 3 is 2.60 bits per heavy atom. The van der Waals surface area contributed by atoms with Gasteiger partial charge in [0.25, 0.3) is 5.97 Å². The first kappa shape index (κ1) is 32.6. The van der Waals surface area contributed by atoms with Crippen LogP contribution in [0.25, 0.3) is 0 Å². The zero-order valence-electron chi connectivity index (χ0n) is 27.2. The van der Waals surface area contributed by atoms with E-state index >= 15 is 0 Å². The number of ether oxygens (including phenoxy) is 5. The Balaban J connectivity index is 1.26. The van der Waals surface area contributed by atoms with E-state index in [1.165, 1.54) is 7.11 Å². The Kier molecular flexibility index (Phi) is 7.83. The van der Waals surface area contributed by atoms with Crippen molar-refractivity contribution in [2.24, 2.45) is 17.8 Å². The molecule has 0 amide bonds.